The third-order valence-corrected chi connectivity index (χ3v) is 4.94. The monoisotopic (exact) mass is 345 g/mol. The lowest BCUT2D eigenvalue weighted by molar-refractivity contribution is -0.123. The fraction of sp³-hybridized carbons (Fsp3) is 0.526. The molecule has 6 heteroatoms. The van der Waals surface area contributed by atoms with Gasteiger partial charge in [-0.25, -0.2) is 0 Å². The van der Waals surface area contributed by atoms with Crippen LogP contribution in [0.2, 0.25) is 0 Å². The summed E-state index contributed by atoms with van der Waals surface area (Å²) in [5.74, 6) is -0.456. The molecule has 0 unspecified atom stereocenters. The van der Waals surface area contributed by atoms with E-state index in [0.717, 1.165) is 12.8 Å². The Bertz CT molecular complexity index is 615. The second-order valence-electron chi connectivity index (χ2n) is 6.55. The van der Waals surface area contributed by atoms with Gasteiger partial charge in [-0.1, -0.05) is 13.8 Å². The van der Waals surface area contributed by atoms with E-state index in [2.05, 4.69) is 5.32 Å². The Kier molecular flexibility index (Phi) is 6.56. The van der Waals surface area contributed by atoms with E-state index in [9.17, 15) is 14.4 Å². The molecule has 3 amide bonds. The largest absolute Gasteiger partial charge is 0.369 e. The van der Waals surface area contributed by atoms with Gasteiger partial charge in [-0.2, -0.15) is 0 Å². The van der Waals surface area contributed by atoms with E-state index >= 15 is 0 Å². The molecule has 0 atom stereocenters. The zero-order valence-corrected chi connectivity index (χ0v) is 15.0. The van der Waals surface area contributed by atoms with Crippen LogP contribution in [0.3, 0.4) is 0 Å². The van der Waals surface area contributed by atoms with Crippen molar-refractivity contribution in [1.29, 1.82) is 0 Å². The lowest BCUT2D eigenvalue weighted by atomic mass is 9.96. The minimum Gasteiger partial charge on any atom is -0.369 e. The Balaban J connectivity index is 1.94. The number of anilines is 1. The summed E-state index contributed by atoms with van der Waals surface area (Å²) in [4.78, 5) is 37.6. The van der Waals surface area contributed by atoms with Crippen molar-refractivity contribution in [2.24, 2.45) is 17.6 Å². The van der Waals surface area contributed by atoms with Gasteiger partial charge >= 0.3 is 0 Å². The summed E-state index contributed by atoms with van der Waals surface area (Å²) >= 11 is 0. The molecule has 0 aliphatic carbocycles. The van der Waals surface area contributed by atoms with Crippen LogP contribution in [-0.4, -0.2) is 35.7 Å². The molecule has 1 aliphatic heterocycles. The molecule has 0 spiro atoms. The number of primary amides is 1. The normalized spacial score (nSPS) is 15.2. The molecule has 1 saturated heterocycles. The predicted molar refractivity (Wildman–Crippen MR) is 97.0 cm³/mol. The minimum atomic E-state index is -0.287. The van der Waals surface area contributed by atoms with Crippen molar-refractivity contribution >= 4 is 23.4 Å². The van der Waals surface area contributed by atoms with Gasteiger partial charge in [0.1, 0.15) is 0 Å². The highest BCUT2D eigenvalue weighted by atomic mass is 16.2. The predicted octanol–water partition coefficient (Wildman–Crippen LogP) is 2.40. The van der Waals surface area contributed by atoms with Gasteiger partial charge in [-0.3, -0.25) is 14.4 Å². The van der Waals surface area contributed by atoms with Crippen LogP contribution in [-0.2, 0) is 9.59 Å². The van der Waals surface area contributed by atoms with Gasteiger partial charge in [0.2, 0.25) is 11.8 Å². The molecule has 136 valence electrons. The Morgan fingerprint density at radius 1 is 1.12 bits per heavy atom. The third kappa shape index (κ3) is 4.81. The number of amides is 3. The summed E-state index contributed by atoms with van der Waals surface area (Å²) in [6.45, 7) is 5.08. The summed E-state index contributed by atoms with van der Waals surface area (Å²) in [5.41, 5.74) is 6.60. The first kappa shape index (κ1) is 19.0. The van der Waals surface area contributed by atoms with Crippen molar-refractivity contribution in [2.45, 2.75) is 39.5 Å². The van der Waals surface area contributed by atoms with Gasteiger partial charge in [0.25, 0.3) is 5.91 Å². The lowest BCUT2D eigenvalue weighted by Crippen LogP contribution is -2.41. The molecule has 1 aliphatic rings. The first-order chi connectivity index (χ1) is 12.0. The number of hydrogen-bond acceptors (Lipinski definition) is 3. The number of nitrogens with zero attached hydrogens (tertiary/aromatic N) is 1. The average Bonchev–Trinajstić information content (AvgIpc) is 2.63. The Hall–Kier alpha value is -2.37. The molecule has 0 saturated carbocycles. The second kappa shape index (κ2) is 8.65. The summed E-state index contributed by atoms with van der Waals surface area (Å²) in [7, 11) is 0. The van der Waals surface area contributed by atoms with Crippen molar-refractivity contribution < 1.29 is 14.4 Å². The molecule has 6 nitrogen and oxygen atoms in total. The standard InChI is InChI=1S/C19H27N3O3/c1-3-13(4-2)18(24)21-16-7-5-15(6-8-16)19(25)22-11-9-14(10-12-22)17(20)23/h5-8,13-14H,3-4,9-12H2,1-2H3,(H2,20,23)(H,21,24). The van der Waals surface area contributed by atoms with Crippen LogP contribution in [0.25, 0.3) is 0 Å². The van der Waals surface area contributed by atoms with Crippen molar-refractivity contribution in [3.05, 3.63) is 29.8 Å². The molecule has 0 radical (unpaired) electrons. The van der Waals surface area contributed by atoms with Crippen molar-refractivity contribution in [3.8, 4) is 0 Å². The van der Waals surface area contributed by atoms with Crippen LogP contribution in [0.1, 0.15) is 49.9 Å². The maximum absolute atomic E-state index is 12.5. The Labute approximate surface area is 148 Å². The van der Waals surface area contributed by atoms with E-state index in [0.29, 0.717) is 37.2 Å². The van der Waals surface area contributed by atoms with Crippen molar-refractivity contribution in [1.82, 2.24) is 4.90 Å². The van der Waals surface area contributed by atoms with Gasteiger partial charge in [-0.05, 0) is 49.9 Å². The molecule has 1 heterocycles. The summed E-state index contributed by atoms with van der Waals surface area (Å²) in [5, 5.41) is 2.89. The molecule has 0 bridgehead atoms. The highest BCUT2D eigenvalue weighted by Crippen LogP contribution is 2.20. The first-order valence-electron chi connectivity index (χ1n) is 8.95. The van der Waals surface area contributed by atoms with E-state index in [-0.39, 0.29) is 29.6 Å². The number of nitrogens with one attached hydrogen (secondary N) is 1. The second-order valence-corrected chi connectivity index (χ2v) is 6.55. The number of benzene rings is 1. The summed E-state index contributed by atoms with van der Waals surface area (Å²) in [6, 6.07) is 6.96. The molecule has 2 rings (SSSR count). The molecular weight excluding hydrogens is 318 g/mol. The van der Waals surface area contributed by atoms with E-state index in [4.69, 9.17) is 5.73 Å². The van der Waals surface area contributed by atoms with Gasteiger partial charge in [0, 0.05) is 36.2 Å². The molecule has 1 aromatic rings. The zero-order valence-electron chi connectivity index (χ0n) is 15.0. The molecule has 1 aromatic carbocycles. The number of piperidine rings is 1. The Morgan fingerprint density at radius 3 is 2.16 bits per heavy atom. The first-order valence-corrected chi connectivity index (χ1v) is 8.95. The van der Waals surface area contributed by atoms with Gasteiger partial charge in [-0.15, -0.1) is 0 Å². The number of rotatable bonds is 6. The number of carbonyl (C=O) groups is 3. The molecule has 1 fully saturated rings. The highest BCUT2D eigenvalue weighted by molar-refractivity contribution is 5.96. The molecule has 25 heavy (non-hydrogen) atoms. The van der Waals surface area contributed by atoms with Gasteiger partial charge in [0.05, 0.1) is 0 Å². The quantitative estimate of drug-likeness (QED) is 0.829. The maximum atomic E-state index is 12.5. The van der Waals surface area contributed by atoms with E-state index in [1.165, 1.54) is 0 Å². The fourth-order valence-corrected chi connectivity index (χ4v) is 3.15. The Morgan fingerprint density at radius 2 is 1.68 bits per heavy atom. The summed E-state index contributed by atoms with van der Waals surface area (Å²) in [6.07, 6.45) is 2.84. The van der Waals surface area contributed by atoms with Crippen LogP contribution in [0.4, 0.5) is 5.69 Å². The zero-order chi connectivity index (χ0) is 18.4. The minimum absolute atomic E-state index is 0.00728. The van der Waals surface area contributed by atoms with Crippen LogP contribution < -0.4 is 11.1 Å². The van der Waals surface area contributed by atoms with E-state index in [1.54, 1.807) is 29.2 Å². The smallest absolute Gasteiger partial charge is 0.253 e. The van der Waals surface area contributed by atoms with E-state index < -0.39 is 0 Å². The fourth-order valence-electron chi connectivity index (χ4n) is 3.15. The van der Waals surface area contributed by atoms with Crippen LogP contribution in [0.5, 0.6) is 0 Å². The van der Waals surface area contributed by atoms with Crippen LogP contribution in [0, 0.1) is 11.8 Å². The number of hydrogen-bond donors (Lipinski definition) is 2. The van der Waals surface area contributed by atoms with Crippen LogP contribution in [0.15, 0.2) is 24.3 Å². The SMILES string of the molecule is CCC(CC)C(=O)Nc1ccc(C(=O)N2CCC(C(N)=O)CC2)cc1. The molecule has 0 aromatic heterocycles. The van der Waals surface area contributed by atoms with Crippen LogP contribution >= 0.6 is 0 Å². The highest BCUT2D eigenvalue weighted by Gasteiger charge is 2.26. The van der Waals surface area contributed by atoms with E-state index in [1.807, 2.05) is 13.8 Å². The number of likely N-dealkylation sites (tertiary alicyclic amines) is 1. The molecule has 3 N–H and O–H groups in total. The lowest BCUT2D eigenvalue weighted by Gasteiger charge is -2.30. The van der Waals surface area contributed by atoms with Crippen molar-refractivity contribution in [3.63, 3.8) is 0 Å². The maximum Gasteiger partial charge on any atom is 0.253 e. The van der Waals surface area contributed by atoms with Crippen molar-refractivity contribution in [2.75, 3.05) is 18.4 Å². The number of carbonyl (C=O) groups excluding carboxylic acids is 3. The summed E-state index contributed by atoms with van der Waals surface area (Å²) < 4.78 is 0. The third-order valence-electron chi connectivity index (χ3n) is 4.94. The van der Waals surface area contributed by atoms with Gasteiger partial charge < -0.3 is 16.0 Å². The topological polar surface area (TPSA) is 92.5 Å². The average molecular weight is 345 g/mol. The number of nitrogens with two attached hydrogens (primary N) is 1. The molecular formula is C19H27N3O3. The van der Waals surface area contributed by atoms with Gasteiger partial charge in [0.15, 0.2) is 0 Å².